The summed E-state index contributed by atoms with van der Waals surface area (Å²) in [5.74, 6) is 0.208. The second-order valence-corrected chi connectivity index (χ2v) is 4.51. The maximum Gasteiger partial charge on any atom is 0.321 e. The lowest BCUT2D eigenvalue weighted by atomic mass is 9.82. The van der Waals surface area contributed by atoms with Crippen molar-refractivity contribution < 1.29 is 9.59 Å². The fraction of sp³-hybridized carbons (Fsp3) is 0.778. The third-order valence-electron chi connectivity index (χ3n) is 2.31. The predicted octanol–water partition coefficient (Wildman–Crippen LogP) is 1.24. The van der Waals surface area contributed by atoms with E-state index in [0.717, 1.165) is 12.8 Å². The van der Waals surface area contributed by atoms with Gasteiger partial charge in [-0.2, -0.15) is 0 Å². The number of nitrogens with one attached hydrogen (secondary N) is 2. The maximum absolute atomic E-state index is 11.2. The second kappa shape index (κ2) is 4.64. The lowest BCUT2D eigenvalue weighted by molar-refractivity contribution is -0.119. The molecule has 1 unspecified atom stereocenters. The molecule has 1 rings (SSSR count). The van der Waals surface area contributed by atoms with Crippen LogP contribution in [0.4, 0.5) is 4.79 Å². The molecule has 3 amide bonds. The van der Waals surface area contributed by atoms with Crippen LogP contribution in [0.2, 0.25) is 0 Å². The lowest BCUT2D eigenvalue weighted by Gasteiger charge is -2.33. The molecule has 2 N–H and O–H groups in total. The molecule has 0 heterocycles. The van der Waals surface area contributed by atoms with Gasteiger partial charge in [0.25, 0.3) is 0 Å². The van der Waals surface area contributed by atoms with Gasteiger partial charge in [-0.05, 0) is 25.7 Å². The summed E-state index contributed by atoms with van der Waals surface area (Å²) in [5, 5.41) is 4.20. The Balaban J connectivity index is 2.19. The van der Waals surface area contributed by atoms with E-state index in [1.165, 1.54) is 6.92 Å². The number of imide groups is 1. The Kier molecular flexibility index (Phi) is 3.75. The summed E-state index contributed by atoms with van der Waals surface area (Å²) in [6, 6.07) is -0.233. The number of halogens is 1. The molecular formula is C9H15ClN2O2. The Labute approximate surface area is 88.4 Å². The standard InChI is InChI=1S/C9H15ClN2O2/c1-5-3-7(4-5)11-9(14)12-8(13)6(2)10/h5-7H,3-4H2,1-2H3,(H2,11,12,13,14). The Hall–Kier alpha value is -0.770. The topological polar surface area (TPSA) is 58.2 Å². The van der Waals surface area contributed by atoms with Crippen LogP contribution in [-0.2, 0) is 4.79 Å². The van der Waals surface area contributed by atoms with Crippen molar-refractivity contribution in [3.8, 4) is 0 Å². The monoisotopic (exact) mass is 218 g/mol. The Morgan fingerprint density at radius 1 is 1.43 bits per heavy atom. The molecule has 1 fully saturated rings. The minimum atomic E-state index is -0.680. The highest BCUT2D eigenvalue weighted by Gasteiger charge is 2.27. The Morgan fingerprint density at radius 3 is 2.43 bits per heavy atom. The molecule has 80 valence electrons. The van der Waals surface area contributed by atoms with Gasteiger partial charge in [0.1, 0.15) is 5.38 Å². The highest BCUT2D eigenvalue weighted by Crippen LogP contribution is 2.25. The molecule has 0 aromatic heterocycles. The van der Waals surface area contributed by atoms with E-state index in [-0.39, 0.29) is 6.04 Å². The molecule has 0 spiro atoms. The molecule has 14 heavy (non-hydrogen) atoms. The fourth-order valence-electron chi connectivity index (χ4n) is 1.45. The van der Waals surface area contributed by atoms with Crippen LogP contribution in [0.3, 0.4) is 0 Å². The molecule has 0 bridgehead atoms. The number of hydrogen-bond acceptors (Lipinski definition) is 2. The molecule has 5 heteroatoms. The van der Waals surface area contributed by atoms with Crippen molar-refractivity contribution in [3.63, 3.8) is 0 Å². The van der Waals surface area contributed by atoms with Crippen LogP contribution >= 0.6 is 11.6 Å². The van der Waals surface area contributed by atoms with Crippen molar-refractivity contribution >= 4 is 23.5 Å². The molecule has 0 aromatic carbocycles. The normalized spacial score (nSPS) is 27.4. The highest BCUT2D eigenvalue weighted by atomic mass is 35.5. The zero-order valence-electron chi connectivity index (χ0n) is 8.34. The number of hydrogen-bond donors (Lipinski definition) is 2. The predicted molar refractivity (Wildman–Crippen MR) is 54.2 cm³/mol. The molecular weight excluding hydrogens is 204 g/mol. The van der Waals surface area contributed by atoms with E-state index in [4.69, 9.17) is 11.6 Å². The van der Waals surface area contributed by atoms with Gasteiger partial charge in [0.15, 0.2) is 0 Å². The first kappa shape index (κ1) is 11.3. The van der Waals surface area contributed by atoms with E-state index in [9.17, 15) is 9.59 Å². The van der Waals surface area contributed by atoms with Gasteiger partial charge in [-0.3, -0.25) is 10.1 Å². The molecule has 4 nitrogen and oxygen atoms in total. The maximum atomic E-state index is 11.2. The van der Waals surface area contributed by atoms with E-state index < -0.39 is 17.3 Å². The van der Waals surface area contributed by atoms with Gasteiger partial charge >= 0.3 is 6.03 Å². The van der Waals surface area contributed by atoms with Crippen molar-refractivity contribution in [1.29, 1.82) is 0 Å². The van der Waals surface area contributed by atoms with Gasteiger partial charge in [-0.1, -0.05) is 6.92 Å². The molecule has 0 aliphatic heterocycles. The van der Waals surface area contributed by atoms with E-state index in [1.807, 2.05) is 0 Å². The first-order chi connectivity index (χ1) is 6.49. The number of carbonyl (C=O) groups excluding carboxylic acids is 2. The summed E-state index contributed by atoms with van der Waals surface area (Å²) in [4.78, 5) is 22.2. The van der Waals surface area contributed by atoms with Crippen molar-refractivity contribution in [3.05, 3.63) is 0 Å². The average Bonchev–Trinajstić information content (AvgIpc) is 2.01. The third-order valence-corrected chi connectivity index (χ3v) is 2.51. The van der Waals surface area contributed by atoms with Gasteiger partial charge in [0.05, 0.1) is 0 Å². The highest BCUT2D eigenvalue weighted by molar-refractivity contribution is 6.31. The van der Waals surface area contributed by atoms with Crippen LogP contribution < -0.4 is 10.6 Å². The van der Waals surface area contributed by atoms with Gasteiger partial charge < -0.3 is 5.32 Å². The van der Waals surface area contributed by atoms with Crippen LogP contribution in [0.15, 0.2) is 0 Å². The summed E-state index contributed by atoms with van der Waals surface area (Å²) >= 11 is 5.49. The molecule has 1 aliphatic carbocycles. The number of alkyl halides is 1. The van der Waals surface area contributed by atoms with Crippen LogP contribution in [-0.4, -0.2) is 23.4 Å². The van der Waals surface area contributed by atoms with Gasteiger partial charge in [-0.25, -0.2) is 4.79 Å². The van der Waals surface area contributed by atoms with Gasteiger partial charge in [-0.15, -0.1) is 11.6 Å². The third kappa shape index (κ3) is 3.18. The first-order valence-corrected chi connectivity index (χ1v) is 5.18. The van der Waals surface area contributed by atoms with Gasteiger partial charge in [0.2, 0.25) is 5.91 Å². The minimum Gasteiger partial charge on any atom is -0.335 e. The summed E-state index contributed by atoms with van der Waals surface area (Å²) in [6.45, 7) is 3.65. The van der Waals surface area contributed by atoms with Crippen molar-refractivity contribution in [1.82, 2.24) is 10.6 Å². The Bertz CT molecular complexity index is 237. The van der Waals surface area contributed by atoms with E-state index in [1.54, 1.807) is 0 Å². The van der Waals surface area contributed by atoms with Crippen LogP contribution in [0, 0.1) is 5.92 Å². The number of carbonyl (C=O) groups is 2. The molecule has 1 saturated carbocycles. The van der Waals surface area contributed by atoms with Crippen molar-refractivity contribution in [2.24, 2.45) is 5.92 Å². The molecule has 0 radical (unpaired) electrons. The summed E-state index contributed by atoms with van der Waals surface area (Å²) in [5.41, 5.74) is 0. The average molecular weight is 219 g/mol. The summed E-state index contributed by atoms with van der Waals surface area (Å²) < 4.78 is 0. The number of urea groups is 1. The smallest absolute Gasteiger partial charge is 0.321 e. The molecule has 0 saturated heterocycles. The quantitative estimate of drug-likeness (QED) is 0.686. The van der Waals surface area contributed by atoms with Crippen LogP contribution in [0.5, 0.6) is 0 Å². The van der Waals surface area contributed by atoms with Gasteiger partial charge in [0, 0.05) is 6.04 Å². The lowest BCUT2D eigenvalue weighted by Crippen LogP contribution is -2.50. The zero-order valence-corrected chi connectivity index (χ0v) is 9.10. The van der Waals surface area contributed by atoms with E-state index in [0.29, 0.717) is 5.92 Å². The molecule has 1 aliphatic rings. The van der Waals surface area contributed by atoms with E-state index >= 15 is 0 Å². The number of rotatable bonds is 2. The first-order valence-electron chi connectivity index (χ1n) is 4.74. The Morgan fingerprint density at radius 2 is 2.00 bits per heavy atom. The second-order valence-electron chi connectivity index (χ2n) is 3.85. The summed E-state index contributed by atoms with van der Waals surface area (Å²) in [7, 11) is 0. The fourth-order valence-corrected chi connectivity index (χ4v) is 1.51. The molecule has 0 aromatic rings. The van der Waals surface area contributed by atoms with Crippen LogP contribution in [0.25, 0.3) is 0 Å². The van der Waals surface area contributed by atoms with Crippen molar-refractivity contribution in [2.75, 3.05) is 0 Å². The van der Waals surface area contributed by atoms with Crippen LogP contribution in [0.1, 0.15) is 26.7 Å². The van der Waals surface area contributed by atoms with Crippen molar-refractivity contribution in [2.45, 2.75) is 38.1 Å². The van der Waals surface area contributed by atoms with E-state index in [2.05, 4.69) is 17.6 Å². The zero-order chi connectivity index (χ0) is 10.7. The largest absolute Gasteiger partial charge is 0.335 e. The summed E-state index contributed by atoms with van der Waals surface area (Å²) in [6.07, 6.45) is 1.97. The number of amides is 3. The molecule has 1 atom stereocenters. The minimum absolute atomic E-state index is 0.212. The SMILES string of the molecule is CC1CC(NC(=O)NC(=O)C(C)Cl)C1.